The van der Waals surface area contributed by atoms with Crippen LogP contribution in [0.15, 0.2) is 0 Å². The molecule has 0 aromatic heterocycles. The smallest absolute Gasteiger partial charge is 0.396 e. The summed E-state index contributed by atoms with van der Waals surface area (Å²) in [7, 11) is -2.14. The number of aliphatic hydroxyl groups excluding tert-OH is 1. The molecule has 0 amide bonds. The first-order valence-electron chi connectivity index (χ1n) is 23.6. The molecule has 0 saturated heterocycles. The molecule has 4 rings (SSSR count). The van der Waals surface area contributed by atoms with E-state index in [1.54, 1.807) is 0 Å². The van der Waals surface area contributed by atoms with Crippen molar-refractivity contribution >= 4 is 27.4 Å². The fourth-order valence-electron chi connectivity index (χ4n) is 8.09. The van der Waals surface area contributed by atoms with Crippen molar-refractivity contribution in [3.8, 4) is 12.1 Å². The van der Waals surface area contributed by atoms with Gasteiger partial charge in [0.1, 0.15) is 0 Å². The van der Waals surface area contributed by atoms with Crippen LogP contribution in [0.4, 0.5) is 0 Å². The van der Waals surface area contributed by atoms with Crippen LogP contribution in [0.1, 0.15) is 222 Å². The van der Waals surface area contributed by atoms with Crippen LogP contribution < -0.4 is 0 Å². The summed E-state index contributed by atoms with van der Waals surface area (Å²) in [5.41, 5.74) is 0. The number of unbranched alkanes of at least 4 members (excludes halogenated alkanes) is 2. The van der Waals surface area contributed by atoms with Crippen LogP contribution in [-0.2, 0) is 47.7 Å². The molecule has 0 spiro atoms. The largest absolute Gasteiger partial charge is 2.00 e. The first-order chi connectivity index (χ1) is 27.5. The summed E-state index contributed by atoms with van der Waals surface area (Å²) in [4.78, 5) is 0. The van der Waals surface area contributed by atoms with Gasteiger partial charge in [-0.05, 0) is 91.3 Å². The number of aliphatic hydroxyl groups is 1. The van der Waals surface area contributed by atoms with Crippen LogP contribution in [-0.4, -0.2) is 65.0 Å². The maximum Gasteiger partial charge on any atom is 2.00 e. The molecule has 0 aromatic carbocycles. The monoisotopic (exact) mass is 1030 g/mol. The van der Waals surface area contributed by atoms with Crippen LogP contribution in [0, 0.1) is 64.2 Å². The van der Waals surface area contributed by atoms with Crippen molar-refractivity contribution in [3.05, 3.63) is 29.7 Å². The third-order valence-electron chi connectivity index (χ3n) is 11.0. The van der Waals surface area contributed by atoms with Crippen molar-refractivity contribution in [2.75, 3.05) is 26.4 Å². The number of nitriles is 2. The van der Waals surface area contributed by atoms with Gasteiger partial charge in [-0.3, -0.25) is 0 Å². The van der Waals surface area contributed by atoms with Crippen molar-refractivity contribution in [1.29, 1.82) is 10.5 Å². The van der Waals surface area contributed by atoms with E-state index in [1.807, 2.05) is 6.07 Å². The minimum absolute atomic E-state index is 0. The Labute approximate surface area is 424 Å². The molecule has 380 valence electrons. The first-order valence-corrected chi connectivity index (χ1v) is 26.8. The molecule has 4 aliphatic rings. The molecule has 63 heavy (non-hydrogen) atoms. The Bertz CT molecular complexity index is 920. The Morgan fingerprint density at radius 2 is 0.825 bits per heavy atom. The Kier molecular flexibility index (Phi) is 68.8. The average molecular weight is 1030 g/mol. The van der Waals surface area contributed by atoms with Crippen LogP contribution in [0.2, 0.25) is 0 Å². The number of rotatable bonds is 22. The molecule has 0 aliphatic heterocycles. The van der Waals surface area contributed by atoms with Crippen molar-refractivity contribution in [1.82, 2.24) is 9.34 Å². The number of nitrogens with zero attached hydrogens (tertiary/aromatic N) is 4. The molecule has 4 saturated carbocycles. The maximum absolute atomic E-state index is 8.71. The van der Waals surface area contributed by atoms with Gasteiger partial charge in [0.2, 0.25) is 7.65 Å². The summed E-state index contributed by atoms with van der Waals surface area (Å²) >= 11 is 6.13. The van der Waals surface area contributed by atoms with E-state index < -0.39 is 16.2 Å². The maximum atomic E-state index is 8.71. The molecule has 2 atom stereocenters. The summed E-state index contributed by atoms with van der Waals surface area (Å²) in [6, 6.07) is 5.64. The predicted octanol–water partition coefficient (Wildman–Crippen LogP) is 17.2. The normalized spacial score (nSPS) is 16.3. The Balaban J connectivity index is -0.000000135. The standard InChI is InChI=1S/C18H35N2O2P.C9H18ClN2OP.C9H18O.2C5H10.4CH3.2Fe/c1-16(2)20(17(3)4)23(22-15-9-13-19)21-14-8-7-12-18-10-5-6-11-18;1-8(2)12(9(3)4)14(10)13-7-5-6-11;10-8-4-3-7-9-5-1-2-6-9;2*1-2-4-5-3-1;;;;;;/h16-18H,5-12,14-15H2,1-4H3;8-9H,5,7H2,1-4H3;9-10H,1-8H2;2*1-5H2;4*1H3;;/q;;;;;4*-1;2*+2. The number of halogens is 1. The van der Waals surface area contributed by atoms with Gasteiger partial charge >= 0.3 is 34.1 Å². The summed E-state index contributed by atoms with van der Waals surface area (Å²) in [6.45, 7) is 19.1. The van der Waals surface area contributed by atoms with Crippen LogP contribution in [0.25, 0.3) is 0 Å². The van der Waals surface area contributed by atoms with Gasteiger partial charge < -0.3 is 48.4 Å². The molecule has 8 nitrogen and oxygen atoms in total. The van der Waals surface area contributed by atoms with E-state index in [0.29, 0.717) is 56.8 Å². The van der Waals surface area contributed by atoms with Gasteiger partial charge in [-0.15, -0.1) is 0 Å². The van der Waals surface area contributed by atoms with E-state index in [0.717, 1.165) is 31.3 Å². The van der Waals surface area contributed by atoms with E-state index in [1.165, 1.54) is 141 Å². The Morgan fingerprint density at radius 1 is 0.508 bits per heavy atom. The van der Waals surface area contributed by atoms with E-state index in [4.69, 9.17) is 40.4 Å². The van der Waals surface area contributed by atoms with Gasteiger partial charge in [0.05, 0.1) is 44.8 Å². The SMILES string of the molecule is C1CCCC1.C1CCCC1.CC(C)N(C(C)C)P(Cl)OCCC#N.CC(C)N(C(C)C)P(OCCC#N)OCCCCC1CCCC1.OCCCCC1CCCC1.[CH3-].[CH3-].[CH3-].[CH3-].[Fe+2].[Fe+2]. The predicted molar refractivity (Wildman–Crippen MR) is 273 cm³/mol. The second-order valence-electron chi connectivity index (χ2n) is 17.5. The fraction of sp³-hybridized carbons (Fsp3) is 0.880. The summed E-state index contributed by atoms with van der Waals surface area (Å²) in [5.74, 6) is 1.97. The van der Waals surface area contributed by atoms with Crippen LogP contribution >= 0.6 is 27.4 Å². The Morgan fingerprint density at radius 3 is 1.14 bits per heavy atom. The van der Waals surface area contributed by atoms with E-state index in [2.05, 4.69) is 70.8 Å². The van der Waals surface area contributed by atoms with Gasteiger partial charge in [0.15, 0.2) is 0 Å². The van der Waals surface area contributed by atoms with Crippen molar-refractivity contribution in [2.45, 2.75) is 246 Å². The van der Waals surface area contributed by atoms with Gasteiger partial charge in [-0.2, -0.15) is 10.5 Å². The molecule has 4 aliphatic carbocycles. The minimum atomic E-state index is -1.08. The summed E-state index contributed by atoms with van der Waals surface area (Å²) in [6.07, 6.45) is 34.7. The average Bonchev–Trinajstić information content (AvgIpc) is 4.02. The van der Waals surface area contributed by atoms with Gasteiger partial charge in [0.25, 0.3) is 8.53 Å². The molecule has 1 N–H and O–H groups in total. The molecule has 13 heteroatoms. The second kappa shape index (κ2) is 55.5. The van der Waals surface area contributed by atoms with Gasteiger partial charge in [0, 0.05) is 30.8 Å². The van der Waals surface area contributed by atoms with E-state index in [9.17, 15) is 0 Å². The molecule has 0 heterocycles. The van der Waals surface area contributed by atoms with Crippen LogP contribution in [0.5, 0.6) is 0 Å². The van der Waals surface area contributed by atoms with E-state index >= 15 is 0 Å². The van der Waals surface area contributed by atoms with Crippen molar-refractivity contribution < 1.29 is 52.8 Å². The van der Waals surface area contributed by atoms with Crippen molar-refractivity contribution in [2.24, 2.45) is 11.8 Å². The number of hydrogen-bond donors (Lipinski definition) is 1. The van der Waals surface area contributed by atoms with Gasteiger partial charge in [-0.25, -0.2) is 9.34 Å². The Hall–Kier alpha value is 0.929. The minimum Gasteiger partial charge on any atom is -0.396 e. The zero-order valence-electron chi connectivity index (χ0n) is 43.1. The zero-order valence-corrected chi connectivity index (χ0v) is 47.9. The van der Waals surface area contributed by atoms with E-state index in [-0.39, 0.29) is 63.8 Å². The number of hydrogen-bond acceptors (Lipinski definition) is 8. The first kappa shape index (κ1) is 78.1. The van der Waals surface area contributed by atoms with Crippen molar-refractivity contribution in [3.63, 3.8) is 0 Å². The summed E-state index contributed by atoms with van der Waals surface area (Å²) < 4.78 is 21.8. The fourth-order valence-corrected chi connectivity index (χ4v) is 12.1. The molecule has 0 bridgehead atoms. The molecule has 2 unspecified atom stereocenters. The summed E-state index contributed by atoms with van der Waals surface area (Å²) in [5, 5.41) is 25.6. The molecular weight excluding hydrogens is 930 g/mol. The second-order valence-corrected chi connectivity index (χ2v) is 21.0. The third-order valence-corrected chi connectivity index (χ3v) is 15.6. The molecule has 4 fully saturated rings. The van der Waals surface area contributed by atoms with Gasteiger partial charge in [-0.1, -0.05) is 141 Å². The molecular formula is C50H103ClFe2N4O4P2. The third kappa shape index (κ3) is 45.2. The molecule has 0 aromatic rings. The zero-order chi connectivity index (χ0) is 42.5. The molecule has 0 radical (unpaired) electrons. The topological polar surface area (TPSA) is 102 Å². The van der Waals surface area contributed by atoms with Crippen LogP contribution in [0.3, 0.4) is 0 Å². The quantitative estimate of drug-likeness (QED) is 0.0495.